The van der Waals surface area contributed by atoms with E-state index in [0.717, 1.165) is 23.1 Å². The number of phosphoric ester groups is 1. The predicted octanol–water partition coefficient (Wildman–Crippen LogP) is 7.24. The first-order chi connectivity index (χ1) is 15.9. The molecule has 0 heterocycles. The molecule has 0 aliphatic rings. The fourth-order valence-corrected chi connectivity index (χ4v) is 4.79. The number of phosphoric acid groups is 1. The van der Waals surface area contributed by atoms with Crippen molar-refractivity contribution in [2.24, 2.45) is 0 Å². The van der Waals surface area contributed by atoms with E-state index in [1.165, 1.54) is 11.1 Å². The van der Waals surface area contributed by atoms with Crippen LogP contribution in [0.5, 0.6) is 11.5 Å². The van der Waals surface area contributed by atoms with Gasteiger partial charge in [0.25, 0.3) is 0 Å². The second kappa shape index (κ2) is 10.1. The molecule has 4 aromatic carbocycles. The molecule has 168 valence electrons. The molecule has 4 nitrogen and oxygen atoms in total. The summed E-state index contributed by atoms with van der Waals surface area (Å²) in [4.78, 5) is 10.2. The maximum Gasteiger partial charge on any atom is 0.584 e. The number of hydrogen-bond donors (Lipinski definition) is 1. The summed E-state index contributed by atoms with van der Waals surface area (Å²) >= 11 is 0. The van der Waals surface area contributed by atoms with Gasteiger partial charge in [-0.1, -0.05) is 78.9 Å². The predicted molar refractivity (Wildman–Crippen MR) is 132 cm³/mol. The van der Waals surface area contributed by atoms with Crippen LogP contribution in [0.25, 0.3) is 0 Å². The van der Waals surface area contributed by atoms with Gasteiger partial charge in [-0.2, -0.15) is 0 Å². The van der Waals surface area contributed by atoms with E-state index >= 15 is 0 Å². The summed E-state index contributed by atoms with van der Waals surface area (Å²) in [7, 11) is -4.31. The summed E-state index contributed by atoms with van der Waals surface area (Å²) in [5.74, 6) is 0.796. The van der Waals surface area contributed by atoms with Gasteiger partial charge in [0.2, 0.25) is 0 Å². The Morgan fingerprint density at radius 1 is 0.697 bits per heavy atom. The van der Waals surface area contributed by atoms with Crippen molar-refractivity contribution in [3.63, 3.8) is 0 Å². The van der Waals surface area contributed by atoms with E-state index in [0.29, 0.717) is 5.75 Å². The van der Waals surface area contributed by atoms with Crippen molar-refractivity contribution in [3.8, 4) is 11.5 Å². The molecular weight excluding hydrogens is 431 g/mol. The largest absolute Gasteiger partial charge is 0.584 e. The average Bonchev–Trinajstić information content (AvgIpc) is 2.78. The van der Waals surface area contributed by atoms with Crippen molar-refractivity contribution in [1.29, 1.82) is 0 Å². The minimum Gasteiger partial charge on any atom is -0.395 e. The minimum atomic E-state index is -4.31. The van der Waals surface area contributed by atoms with E-state index in [1.54, 1.807) is 24.3 Å². The number of benzene rings is 4. The van der Waals surface area contributed by atoms with Crippen LogP contribution in [0.4, 0.5) is 0 Å². The van der Waals surface area contributed by atoms with Gasteiger partial charge in [0.05, 0.1) is 0 Å². The lowest BCUT2D eigenvalue weighted by molar-refractivity contribution is 0.291. The zero-order valence-corrected chi connectivity index (χ0v) is 19.6. The van der Waals surface area contributed by atoms with Crippen LogP contribution in [0.15, 0.2) is 103 Å². The van der Waals surface area contributed by atoms with E-state index in [4.69, 9.17) is 9.05 Å². The van der Waals surface area contributed by atoms with Gasteiger partial charge in [0.15, 0.2) is 0 Å². The molecule has 4 rings (SSSR count). The lowest BCUT2D eigenvalue weighted by Crippen LogP contribution is -2.05. The molecule has 0 bridgehead atoms. The van der Waals surface area contributed by atoms with Gasteiger partial charge >= 0.3 is 7.82 Å². The maximum absolute atomic E-state index is 12.5. The van der Waals surface area contributed by atoms with Crippen molar-refractivity contribution in [2.75, 3.05) is 0 Å². The van der Waals surface area contributed by atoms with Gasteiger partial charge in [0, 0.05) is 5.92 Å². The molecule has 0 radical (unpaired) electrons. The van der Waals surface area contributed by atoms with Crippen LogP contribution in [0.1, 0.15) is 33.7 Å². The summed E-state index contributed by atoms with van der Waals surface area (Å²) in [6, 6.07) is 33.4. The van der Waals surface area contributed by atoms with Crippen LogP contribution >= 0.6 is 7.82 Å². The molecule has 0 fully saturated rings. The SMILES string of the molecule is Cc1cc(C)cc(OP(=O)(O)Oc2ccc(CC(c3ccccc3)c3ccccc3)cc2)c1. The summed E-state index contributed by atoms with van der Waals surface area (Å²) in [5, 5.41) is 0. The molecule has 1 atom stereocenters. The second-order valence-electron chi connectivity index (χ2n) is 8.20. The standard InChI is InChI=1S/C28H27O4P/c1-21-17-22(2)19-27(18-21)32-33(29,30)31-26-15-13-23(14-16-26)20-28(24-9-5-3-6-10-24)25-11-7-4-8-12-25/h3-19,28H,20H2,1-2H3,(H,29,30). The maximum atomic E-state index is 12.5. The van der Waals surface area contributed by atoms with Crippen LogP contribution < -0.4 is 9.05 Å². The van der Waals surface area contributed by atoms with E-state index in [9.17, 15) is 9.46 Å². The summed E-state index contributed by atoms with van der Waals surface area (Å²) < 4.78 is 23.1. The lowest BCUT2D eigenvalue weighted by atomic mass is 9.86. The van der Waals surface area contributed by atoms with Crippen LogP contribution in [-0.2, 0) is 11.0 Å². The van der Waals surface area contributed by atoms with Gasteiger partial charge < -0.3 is 9.05 Å². The third-order valence-corrected chi connectivity index (χ3v) is 6.29. The van der Waals surface area contributed by atoms with E-state index in [1.807, 2.05) is 44.2 Å². The third kappa shape index (κ3) is 6.35. The van der Waals surface area contributed by atoms with Crippen LogP contribution in [0.2, 0.25) is 0 Å². The highest BCUT2D eigenvalue weighted by Crippen LogP contribution is 2.44. The van der Waals surface area contributed by atoms with Crippen molar-refractivity contribution in [2.45, 2.75) is 26.2 Å². The molecule has 0 aliphatic heterocycles. The normalized spacial score (nSPS) is 12.8. The Labute approximate surface area is 195 Å². The fraction of sp³-hybridized carbons (Fsp3) is 0.143. The van der Waals surface area contributed by atoms with Gasteiger partial charge in [0.1, 0.15) is 11.5 Å². The molecule has 1 N–H and O–H groups in total. The second-order valence-corrected chi connectivity index (χ2v) is 9.50. The highest BCUT2D eigenvalue weighted by molar-refractivity contribution is 7.48. The minimum absolute atomic E-state index is 0.205. The van der Waals surface area contributed by atoms with Gasteiger partial charge in [-0.3, -0.25) is 4.89 Å². The van der Waals surface area contributed by atoms with Gasteiger partial charge in [-0.15, -0.1) is 0 Å². The molecule has 4 aromatic rings. The Morgan fingerprint density at radius 2 is 1.18 bits per heavy atom. The summed E-state index contributed by atoms with van der Waals surface area (Å²) in [6.45, 7) is 3.81. The first-order valence-electron chi connectivity index (χ1n) is 10.9. The average molecular weight is 458 g/mol. The summed E-state index contributed by atoms with van der Waals surface area (Å²) in [5.41, 5.74) is 5.47. The molecule has 5 heteroatoms. The Morgan fingerprint density at radius 3 is 1.70 bits per heavy atom. The van der Waals surface area contributed by atoms with Crippen LogP contribution in [0.3, 0.4) is 0 Å². The summed E-state index contributed by atoms with van der Waals surface area (Å²) in [6.07, 6.45) is 0.796. The third-order valence-electron chi connectivity index (χ3n) is 5.40. The van der Waals surface area contributed by atoms with Crippen LogP contribution in [0, 0.1) is 13.8 Å². The molecule has 0 spiro atoms. The topological polar surface area (TPSA) is 55.8 Å². The first-order valence-corrected chi connectivity index (χ1v) is 12.4. The Bertz CT molecular complexity index is 1180. The molecule has 0 saturated carbocycles. The number of rotatable bonds is 8. The van der Waals surface area contributed by atoms with Gasteiger partial charge in [-0.05, 0) is 72.4 Å². The zero-order valence-electron chi connectivity index (χ0n) is 18.7. The van der Waals surface area contributed by atoms with E-state index in [2.05, 4.69) is 48.5 Å². The highest BCUT2D eigenvalue weighted by atomic mass is 31.2. The smallest absolute Gasteiger partial charge is 0.395 e. The Hall–Kier alpha value is -3.33. The molecule has 0 amide bonds. The fourth-order valence-electron chi connectivity index (χ4n) is 3.99. The van der Waals surface area contributed by atoms with Crippen molar-refractivity contribution >= 4 is 7.82 Å². The zero-order chi connectivity index (χ0) is 23.3. The molecule has 0 aromatic heterocycles. The molecule has 33 heavy (non-hydrogen) atoms. The van der Waals surface area contributed by atoms with E-state index < -0.39 is 7.82 Å². The quantitative estimate of drug-likeness (QED) is 0.283. The lowest BCUT2D eigenvalue weighted by Gasteiger charge is -2.19. The Kier molecular flexibility index (Phi) is 6.98. The molecule has 1 unspecified atom stereocenters. The molecule has 0 aliphatic carbocycles. The number of hydrogen-bond acceptors (Lipinski definition) is 3. The van der Waals surface area contributed by atoms with Crippen molar-refractivity contribution in [1.82, 2.24) is 0 Å². The Balaban J connectivity index is 1.48. The first kappa shape index (κ1) is 22.8. The van der Waals surface area contributed by atoms with Gasteiger partial charge in [-0.25, -0.2) is 4.57 Å². The van der Waals surface area contributed by atoms with Crippen LogP contribution in [-0.4, -0.2) is 4.89 Å². The van der Waals surface area contributed by atoms with Crippen molar-refractivity contribution in [3.05, 3.63) is 131 Å². The van der Waals surface area contributed by atoms with E-state index in [-0.39, 0.29) is 11.7 Å². The number of aryl methyl sites for hydroxylation is 2. The van der Waals surface area contributed by atoms with Crippen molar-refractivity contribution < 1.29 is 18.5 Å². The molecular formula is C28H27O4P. The highest BCUT2D eigenvalue weighted by Gasteiger charge is 2.25. The monoisotopic (exact) mass is 458 g/mol. The molecule has 0 saturated heterocycles.